The fraction of sp³-hybridized carbons (Fsp3) is 0.400. The third-order valence-electron chi connectivity index (χ3n) is 3.74. The lowest BCUT2D eigenvalue weighted by atomic mass is 10.3. The minimum absolute atomic E-state index is 0.205. The van der Waals surface area contributed by atoms with Crippen LogP contribution in [-0.2, 0) is 6.54 Å². The molecular formula is C15H19FN6O. The van der Waals surface area contributed by atoms with Crippen LogP contribution in [0.15, 0.2) is 24.3 Å². The molecule has 1 aromatic carbocycles. The van der Waals surface area contributed by atoms with Gasteiger partial charge < -0.3 is 10.2 Å². The van der Waals surface area contributed by atoms with Crippen LogP contribution in [-0.4, -0.2) is 57.2 Å². The van der Waals surface area contributed by atoms with Gasteiger partial charge in [0.2, 0.25) is 0 Å². The summed E-state index contributed by atoms with van der Waals surface area (Å²) in [6.07, 6.45) is 0. The number of aryl methyl sites for hydroxylation is 1. The van der Waals surface area contributed by atoms with Crippen LogP contribution in [0.3, 0.4) is 0 Å². The van der Waals surface area contributed by atoms with Gasteiger partial charge in [-0.3, -0.25) is 10.00 Å². The highest BCUT2D eigenvalue weighted by Gasteiger charge is 2.22. The minimum atomic E-state index is -0.366. The number of hydrogen-bond acceptors (Lipinski definition) is 4. The SMILES string of the molecule is Cc1nc(CN2CCN(C(=O)Nc3cccc(F)c3)CC2)n[nH]1. The summed E-state index contributed by atoms with van der Waals surface area (Å²) in [6.45, 7) is 5.28. The van der Waals surface area contributed by atoms with E-state index in [2.05, 4.69) is 25.4 Å². The maximum absolute atomic E-state index is 13.1. The molecule has 2 N–H and O–H groups in total. The molecule has 1 fully saturated rings. The van der Waals surface area contributed by atoms with Gasteiger partial charge in [0.05, 0.1) is 6.54 Å². The molecule has 1 aromatic heterocycles. The number of aromatic amines is 1. The van der Waals surface area contributed by atoms with Crippen molar-refractivity contribution in [3.8, 4) is 0 Å². The zero-order valence-electron chi connectivity index (χ0n) is 12.9. The number of rotatable bonds is 3. The molecule has 0 unspecified atom stereocenters. The van der Waals surface area contributed by atoms with Crippen LogP contribution in [0.5, 0.6) is 0 Å². The predicted octanol–water partition coefficient (Wildman–Crippen LogP) is 1.60. The number of carbonyl (C=O) groups is 1. The van der Waals surface area contributed by atoms with Gasteiger partial charge in [-0.2, -0.15) is 5.10 Å². The Balaban J connectivity index is 1.49. The van der Waals surface area contributed by atoms with E-state index in [9.17, 15) is 9.18 Å². The van der Waals surface area contributed by atoms with Gasteiger partial charge in [-0.05, 0) is 25.1 Å². The Hall–Kier alpha value is -2.48. The fourth-order valence-corrected chi connectivity index (χ4v) is 2.54. The Morgan fingerprint density at radius 2 is 2.13 bits per heavy atom. The number of aromatic nitrogens is 3. The van der Waals surface area contributed by atoms with Crippen LogP contribution in [0.2, 0.25) is 0 Å². The minimum Gasteiger partial charge on any atom is -0.322 e. The highest BCUT2D eigenvalue weighted by molar-refractivity contribution is 5.89. The lowest BCUT2D eigenvalue weighted by Crippen LogP contribution is -2.49. The summed E-state index contributed by atoms with van der Waals surface area (Å²) >= 11 is 0. The van der Waals surface area contributed by atoms with Crippen molar-refractivity contribution in [1.82, 2.24) is 25.0 Å². The van der Waals surface area contributed by atoms with E-state index in [0.717, 1.165) is 24.7 Å². The van der Waals surface area contributed by atoms with Gasteiger partial charge in [0.1, 0.15) is 11.6 Å². The number of carbonyl (C=O) groups excluding carboxylic acids is 1. The average molecular weight is 318 g/mol. The maximum Gasteiger partial charge on any atom is 0.321 e. The first-order chi connectivity index (χ1) is 11.1. The average Bonchev–Trinajstić information content (AvgIpc) is 2.93. The van der Waals surface area contributed by atoms with E-state index in [1.165, 1.54) is 12.1 Å². The second-order valence-electron chi connectivity index (χ2n) is 5.54. The number of amides is 2. The van der Waals surface area contributed by atoms with E-state index in [4.69, 9.17) is 0 Å². The van der Waals surface area contributed by atoms with Crippen molar-refractivity contribution < 1.29 is 9.18 Å². The Bertz CT molecular complexity index is 680. The van der Waals surface area contributed by atoms with Crippen molar-refractivity contribution in [3.05, 3.63) is 41.7 Å². The lowest BCUT2D eigenvalue weighted by Gasteiger charge is -2.34. The Kier molecular flexibility index (Phi) is 4.52. The molecule has 8 heteroatoms. The second-order valence-corrected chi connectivity index (χ2v) is 5.54. The number of halogens is 1. The molecule has 122 valence electrons. The van der Waals surface area contributed by atoms with Crippen LogP contribution in [0.25, 0.3) is 0 Å². The summed E-state index contributed by atoms with van der Waals surface area (Å²) in [5, 5.41) is 9.67. The third-order valence-corrected chi connectivity index (χ3v) is 3.74. The van der Waals surface area contributed by atoms with E-state index >= 15 is 0 Å². The summed E-state index contributed by atoms with van der Waals surface area (Å²) in [4.78, 5) is 20.4. The molecule has 0 radical (unpaired) electrons. The number of urea groups is 1. The molecule has 0 spiro atoms. The van der Waals surface area contributed by atoms with Gasteiger partial charge in [-0.15, -0.1) is 0 Å². The van der Waals surface area contributed by atoms with Crippen molar-refractivity contribution in [2.24, 2.45) is 0 Å². The number of piperazine rings is 1. The zero-order chi connectivity index (χ0) is 16.2. The predicted molar refractivity (Wildman–Crippen MR) is 83.4 cm³/mol. The largest absolute Gasteiger partial charge is 0.322 e. The Morgan fingerprint density at radius 1 is 1.35 bits per heavy atom. The molecule has 2 aromatic rings. The molecule has 0 saturated carbocycles. The molecule has 1 saturated heterocycles. The molecule has 1 aliphatic rings. The van der Waals surface area contributed by atoms with Crippen molar-refractivity contribution in [2.45, 2.75) is 13.5 Å². The Labute approximate surface area is 133 Å². The second kappa shape index (κ2) is 6.74. The molecule has 7 nitrogen and oxygen atoms in total. The van der Waals surface area contributed by atoms with Gasteiger partial charge in [0, 0.05) is 31.9 Å². The van der Waals surface area contributed by atoms with Gasteiger partial charge in [0.15, 0.2) is 5.82 Å². The van der Waals surface area contributed by atoms with Gasteiger partial charge in [0.25, 0.3) is 0 Å². The fourth-order valence-electron chi connectivity index (χ4n) is 2.54. The number of nitrogens with one attached hydrogen (secondary N) is 2. The first-order valence-corrected chi connectivity index (χ1v) is 7.52. The number of hydrogen-bond donors (Lipinski definition) is 2. The van der Waals surface area contributed by atoms with Crippen LogP contribution in [0.1, 0.15) is 11.6 Å². The van der Waals surface area contributed by atoms with E-state index in [1.54, 1.807) is 17.0 Å². The first kappa shape index (κ1) is 15.4. The van der Waals surface area contributed by atoms with Crippen molar-refractivity contribution >= 4 is 11.7 Å². The summed E-state index contributed by atoms with van der Waals surface area (Å²) in [5.74, 6) is 1.20. The van der Waals surface area contributed by atoms with Crippen molar-refractivity contribution in [3.63, 3.8) is 0 Å². The topological polar surface area (TPSA) is 77.2 Å². The molecule has 3 rings (SSSR count). The van der Waals surface area contributed by atoms with Gasteiger partial charge in [-0.1, -0.05) is 6.07 Å². The molecule has 23 heavy (non-hydrogen) atoms. The summed E-state index contributed by atoms with van der Waals surface area (Å²) < 4.78 is 13.1. The summed E-state index contributed by atoms with van der Waals surface area (Å²) in [6, 6.07) is 5.69. The number of nitrogens with zero attached hydrogens (tertiary/aromatic N) is 4. The van der Waals surface area contributed by atoms with Crippen LogP contribution in [0, 0.1) is 12.7 Å². The first-order valence-electron chi connectivity index (χ1n) is 7.52. The van der Waals surface area contributed by atoms with Crippen LogP contribution >= 0.6 is 0 Å². The van der Waals surface area contributed by atoms with E-state index in [1.807, 2.05) is 6.92 Å². The Morgan fingerprint density at radius 3 is 2.78 bits per heavy atom. The van der Waals surface area contributed by atoms with Crippen LogP contribution in [0.4, 0.5) is 14.9 Å². The zero-order valence-corrected chi connectivity index (χ0v) is 12.9. The molecule has 0 bridgehead atoms. The number of H-pyrrole nitrogens is 1. The highest BCUT2D eigenvalue weighted by atomic mass is 19.1. The lowest BCUT2D eigenvalue weighted by molar-refractivity contribution is 0.141. The van der Waals surface area contributed by atoms with Crippen molar-refractivity contribution in [2.75, 3.05) is 31.5 Å². The smallest absolute Gasteiger partial charge is 0.321 e. The molecule has 0 atom stereocenters. The maximum atomic E-state index is 13.1. The number of benzene rings is 1. The van der Waals surface area contributed by atoms with Crippen molar-refractivity contribution in [1.29, 1.82) is 0 Å². The van der Waals surface area contributed by atoms with Gasteiger partial charge >= 0.3 is 6.03 Å². The quantitative estimate of drug-likeness (QED) is 0.901. The number of anilines is 1. The third kappa shape index (κ3) is 4.04. The molecular weight excluding hydrogens is 299 g/mol. The monoisotopic (exact) mass is 318 g/mol. The van der Waals surface area contributed by atoms with Gasteiger partial charge in [-0.25, -0.2) is 14.2 Å². The van der Waals surface area contributed by atoms with E-state index < -0.39 is 0 Å². The van der Waals surface area contributed by atoms with E-state index in [-0.39, 0.29) is 11.8 Å². The molecule has 0 aliphatic carbocycles. The molecule has 1 aliphatic heterocycles. The summed E-state index contributed by atoms with van der Waals surface area (Å²) in [5.41, 5.74) is 0.466. The summed E-state index contributed by atoms with van der Waals surface area (Å²) in [7, 11) is 0. The highest BCUT2D eigenvalue weighted by Crippen LogP contribution is 2.12. The standard InChI is InChI=1S/C15H19FN6O/c1-11-17-14(20-19-11)10-21-5-7-22(8-6-21)15(23)18-13-4-2-3-12(16)9-13/h2-4,9H,5-8,10H2,1H3,(H,18,23)(H,17,19,20). The molecule has 2 amide bonds. The van der Waals surface area contributed by atoms with E-state index in [0.29, 0.717) is 25.3 Å². The normalized spacial score (nSPS) is 15.7. The van der Waals surface area contributed by atoms with Crippen LogP contribution < -0.4 is 5.32 Å². The molecule has 2 heterocycles.